The van der Waals surface area contributed by atoms with Crippen LogP contribution in [-0.2, 0) is 9.59 Å². The van der Waals surface area contributed by atoms with Crippen molar-refractivity contribution in [3.63, 3.8) is 0 Å². The van der Waals surface area contributed by atoms with Gasteiger partial charge >= 0.3 is 6.36 Å². The van der Waals surface area contributed by atoms with Gasteiger partial charge in [-0.15, -0.1) is 13.2 Å². The highest BCUT2D eigenvalue weighted by atomic mass is 35.5. The van der Waals surface area contributed by atoms with Gasteiger partial charge in [-0.1, -0.05) is 35.9 Å². The number of likely N-dealkylation sites (tertiary alicyclic amines) is 1. The lowest BCUT2D eigenvalue weighted by molar-refractivity contribution is -0.274. The largest absolute Gasteiger partial charge is 0.573 e. The first-order chi connectivity index (χ1) is 17.2. The number of piperidine rings is 1. The van der Waals surface area contributed by atoms with Crippen LogP contribution in [0.2, 0.25) is 5.02 Å². The first kappa shape index (κ1) is 25.6. The van der Waals surface area contributed by atoms with Gasteiger partial charge in [0, 0.05) is 36.3 Å². The highest BCUT2D eigenvalue weighted by Crippen LogP contribution is 2.38. The topological polar surface area (TPSA) is 100 Å². The van der Waals surface area contributed by atoms with E-state index in [2.05, 4.69) is 26.2 Å². The van der Waals surface area contributed by atoms with Crippen LogP contribution in [0.4, 0.5) is 18.9 Å². The van der Waals surface area contributed by atoms with Crippen molar-refractivity contribution >= 4 is 35.4 Å². The quantitative estimate of drug-likeness (QED) is 0.549. The summed E-state index contributed by atoms with van der Waals surface area (Å²) >= 11 is 6.38. The SMILES string of the molecule is O=C(Nc1ccc(-c2ccccc2OC(F)(F)F)c(Cl)c1)[C@H]1CCCCN1C(=O)CCN1C=N[N-]N1. The van der Waals surface area contributed by atoms with Crippen LogP contribution < -0.4 is 15.6 Å². The van der Waals surface area contributed by atoms with Gasteiger partial charge in [0.2, 0.25) is 11.8 Å². The average molecular weight is 524 g/mol. The molecule has 2 aromatic carbocycles. The van der Waals surface area contributed by atoms with Gasteiger partial charge in [-0.3, -0.25) is 15.1 Å². The smallest absolute Gasteiger partial charge is 0.520 e. The standard InChI is InChI=1S/C23H23ClF3N6O3/c24-18-13-15(8-9-16(18)17-5-1-2-7-20(17)36-23(25,26)27)29-22(35)19-6-3-4-11-33(19)21(34)10-12-32-14-28-30-31-32/h1-2,5,7-9,13-14,19,31H,3-4,6,10-12H2,(H,29,35)/q-1/t19-/m1/s1. The molecule has 0 aromatic heterocycles. The number of alkyl halides is 3. The molecule has 0 saturated carbocycles. The number of nitrogens with one attached hydrogen (secondary N) is 2. The molecule has 0 bridgehead atoms. The third kappa shape index (κ3) is 6.38. The number of hydrogen-bond acceptors (Lipinski definition) is 6. The number of carbonyl (C=O) groups excluding carboxylic acids is 2. The Balaban J connectivity index is 1.44. The maximum atomic E-state index is 13.1. The number of ether oxygens (including phenoxy) is 1. The number of nitrogens with zero attached hydrogens (tertiary/aromatic N) is 4. The van der Waals surface area contributed by atoms with Crippen molar-refractivity contribution in [2.24, 2.45) is 5.10 Å². The van der Waals surface area contributed by atoms with E-state index in [0.29, 0.717) is 30.8 Å². The molecular weight excluding hydrogens is 501 g/mol. The summed E-state index contributed by atoms with van der Waals surface area (Å²) < 4.78 is 42.5. The molecule has 0 aliphatic carbocycles. The van der Waals surface area contributed by atoms with Crippen molar-refractivity contribution in [2.45, 2.75) is 38.1 Å². The summed E-state index contributed by atoms with van der Waals surface area (Å²) in [5, 5.41) is 8.13. The fourth-order valence-electron chi connectivity index (χ4n) is 4.11. The molecule has 1 fully saturated rings. The zero-order valence-electron chi connectivity index (χ0n) is 19.0. The van der Waals surface area contributed by atoms with E-state index in [9.17, 15) is 22.8 Å². The first-order valence-electron chi connectivity index (χ1n) is 11.2. The molecule has 1 atom stereocenters. The number of rotatable bonds is 7. The molecule has 13 heteroatoms. The minimum absolute atomic E-state index is 0.132. The van der Waals surface area contributed by atoms with Crippen LogP contribution in [0.5, 0.6) is 5.75 Å². The molecule has 2 aromatic rings. The maximum absolute atomic E-state index is 13.1. The molecule has 0 radical (unpaired) electrons. The molecule has 192 valence electrons. The molecule has 2 aliphatic rings. The lowest BCUT2D eigenvalue weighted by Gasteiger charge is -2.35. The van der Waals surface area contributed by atoms with Crippen LogP contribution in [0.25, 0.3) is 16.7 Å². The number of hydrazine groups is 1. The molecule has 0 unspecified atom stereocenters. The zero-order valence-corrected chi connectivity index (χ0v) is 19.7. The third-order valence-electron chi connectivity index (χ3n) is 5.75. The predicted octanol–water partition coefficient (Wildman–Crippen LogP) is 4.67. The summed E-state index contributed by atoms with van der Waals surface area (Å²) in [5.41, 5.74) is 7.05. The normalized spacial score (nSPS) is 17.6. The van der Waals surface area contributed by atoms with Crippen molar-refractivity contribution < 1.29 is 27.5 Å². The van der Waals surface area contributed by atoms with E-state index in [1.807, 2.05) is 0 Å². The number of hydrogen-bond donors (Lipinski definition) is 2. The monoisotopic (exact) mass is 523 g/mol. The van der Waals surface area contributed by atoms with E-state index in [1.165, 1.54) is 36.7 Å². The Morgan fingerprint density at radius 1 is 1.19 bits per heavy atom. The summed E-state index contributed by atoms with van der Waals surface area (Å²) in [5.74, 6) is -0.903. The number of halogens is 4. The van der Waals surface area contributed by atoms with Crippen LogP contribution in [0.15, 0.2) is 47.6 Å². The first-order valence-corrected chi connectivity index (χ1v) is 11.6. The van der Waals surface area contributed by atoms with Crippen LogP contribution in [-0.4, -0.2) is 53.6 Å². The second kappa shape index (κ2) is 11.0. The molecule has 2 heterocycles. The Bertz CT molecular complexity index is 1150. The van der Waals surface area contributed by atoms with Gasteiger partial charge in [0.25, 0.3) is 0 Å². The molecule has 9 nitrogen and oxygen atoms in total. The Morgan fingerprint density at radius 2 is 2.00 bits per heavy atom. The second-order valence-electron chi connectivity index (χ2n) is 8.20. The predicted molar refractivity (Wildman–Crippen MR) is 128 cm³/mol. The number of benzene rings is 2. The Hall–Kier alpha value is -3.51. The number of anilines is 1. The Morgan fingerprint density at radius 3 is 2.72 bits per heavy atom. The van der Waals surface area contributed by atoms with Crippen molar-refractivity contribution in [3.05, 3.63) is 53.0 Å². The lowest BCUT2D eigenvalue weighted by atomic mass is 10.0. The van der Waals surface area contributed by atoms with Gasteiger partial charge in [-0.25, -0.2) is 0 Å². The molecule has 1 saturated heterocycles. The zero-order chi connectivity index (χ0) is 25.7. The average Bonchev–Trinajstić information content (AvgIpc) is 3.36. The molecule has 2 amide bonds. The van der Waals surface area contributed by atoms with Crippen molar-refractivity contribution in [1.29, 1.82) is 0 Å². The van der Waals surface area contributed by atoms with E-state index in [-0.39, 0.29) is 34.6 Å². The molecule has 36 heavy (non-hydrogen) atoms. The minimum atomic E-state index is -4.85. The van der Waals surface area contributed by atoms with Gasteiger partial charge in [-0.2, -0.15) is 0 Å². The van der Waals surface area contributed by atoms with Gasteiger partial charge in [0.15, 0.2) is 0 Å². The highest BCUT2D eigenvalue weighted by Gasteiger charge is 2.33. The summed E-state index contributed by atoms with van der Waals surface area (Å²) in [4.78, 5) is 27.5. The lowest BCUT2D eigenvalue weighted by Crippen LogP contribution is -2.50. The highest BCUT2D eigenvalue weighted by molar-refractivity contribution is 6.33. The minimum Gasteiger partial charge on any atom is -0.520 e. The van der Waals surface area contributed by atoms with Gasteiger partial charge in [-0.05, 0) is 37.5 Å². The summed E-state index contributed by atoms with van der Waals surface area (Å²) in [6, 6.07) is 9.52. The molecule has 0 spiro atoms. The van der Waals surface area contributed by atoms with Crippen molar-refractivity contribution in [1.82, 2.24) is 15.4 Å². The van der Waals surface area contributed by atoms with E-state index in [4.69, 9.17) is 11.6 Å². The Labute approximate surface area is 210 Å². The van der Waals surface area contributed by atoms with Gasteiger partial charge < -0.3 is 30.6 Å². The number of amides is 2. The van der Waals surface area contributed by atoms with Gasteiger partial charge in [0.05, 0.1) is 11.4 Å². The Kier molecular flexibility index (Phi) is 7.85. The number of carbonyl (C=O) groups is 2. The van der Waals surface area contributed by atoms with E-state index in [0.717, 1.165) is 12.8 Å². The summed E-state index contributed by atoms with van der Waals surface area (Å²) in [7, 11) is 0. The van der Waals surface area contributed by atoms with Crippen LogP contribution in [0, 0.1) is 0 Å². The van der Waals surface area contributed by atoms with E-state index in [1.54, 1.807) is 22.0 Å². The molecule has 2 N–H and O–H groups in total. The summed E-state index contributed by atoms with van der Waals surface area (Å²) in [6.07, 6.45) is -1.09. The van der Waals surface area contributed by atoms with Crippen LogP contribution >= 0.6 is 11.6 Å². The van der Waals surface area contributed by atoms with Gasteiger partial charge in [0.1, 0.15) is 11.8 Å². The van der Waals surface area contributed by atoms with E-state index < -0.39 is 12.4 Å². The van der Waals surface area contributed by atoms with Crippen LogP contribution in [0.1, 0.15) is 25.7 Å². The van der Waals surface area contributed by atoms with Crippen molar-refractivity contribution in [2.75, 3.05) is 18.4 Å². The summed E-state index contributed by atoms with van der Waals surface area (Å²) in [6.45, 7) is 0.825. The molecule has 4 rings (SSSR count). The maximum Gasteiger partial charge on any atom is 0.573 e. The van der Waals surface area contributed by atoms with E-state index >= 15 is 0 Å². The number of para-hydroxylation sites is 1. The second-order valence-corrected chi connectivity index (χ2v) is 8.61. The third-order valence-corrected chi connectivity index (χ3v) is 6.07. The fourth-order valence-corrected chi connectivity index (χ4v) is 4.39. The van der Waals surface area contributed by atoms with Crippen molar-refractivity contribution in [3.8, 4) is 16.9 Å². The fraction of sp³-hybridized carbons (Fsp3) is 0.348. The molecule has 2 aliphatic heterocycles. The van der Waals surface area contributed by atoms with Crippen LogP contribution in [0.3, 0.4) is 0 Å². The molecular formula is C23H23ClF3N6O3-.